The number of hydrogen-bond acceptors (Lipinski definition) is 8. The predicted molar refractivity (Wildman–Crippen MR) is 138 cm³/mol. The SMILES string of the molecule is O=C1C(=CC=C2Oc3ccccc3N2CCSCc2ccccc2[N+](=O)[O-])S(=O)(=O)c2ccccc21. The summed E-state index contributed by atoms with van der Waals surface area (Å²) in [6, 6.07) is 20.2. The van der Waals surface area contributed by atoms with E-state index in [9.17, 15) is 23.3 Å². The molecule has 3 aromatic rings. The summed E-state index contributed by atoms with van der Waals surface area (Å²) in [4.78, 5) is 25.3. The summed E-state index contributed by atoms with van der Waals surface area (Å²) >= 11 is 1.54. The molecule has 0 saturated carbocycles. The van der Waals surface area contributed by atoms with Gasteiger partial charge in [0.15, 0.2) is 5.75 Å². The van der Waals surface area contributed by atoms with Gasteiger partial charge in [-0.15, -0.1) is 0 Å². The van der Waals surface area contributed by atoms with E-state index < -0.39 is 15.6 Å². The van der Waals surface area contributed by atoms with E-state index in [1.54, 1.807) is 42.1 Å². The van der Waals surface area contributed by atoms with Crippen molar-refractivity contribution in [1.29, 1.82) is 0 Å². The van der Waals surface area contributed by atoms with Crippen LogP contribution in [0.5, 0.6) is 5.75 Å². The average Bonchev–Trinajstić information content (AvgIpc) is 3.32. The number of Topliss-reactive ketones (excluding diaryl/α,β-unsaturated/α-hetero) is 1. The Balaban J connectivity index is 1.36. The first-order chi connectivity index (χ1) is 17.4. The van der Waals surface area contributed by atoms with Crippen molar-refractivity contribution in [2.75, 3.05) is 17.2 Å². The van der Waals surface area contributed by atoms with Crippen LogP contribution in [0.4, 0.5) is 11.4 Å². The zero-order chi connectivity index (χ0) is 25.3. The number of nitro benzene ring substituents is 1. The number of ether oxygens (including phenoxy) is 1. The van der Waals surface area contributed by atoms with Crippen LogP contribution in [-0.4, -0.2) is 31.4 Å². The third kappa shape index (κ3) is 4.29. The Kier molecular flexibility index (Phi) is 6.38. The molecule has 2 aliphatic heterocycles. The molecule has 2 heterocycles. The van der Waals surface area contributed by atoms with Crippen molar-refractivity contribution in [3.8, 4) is 5.75 Å². The monoisotopic (exact) mass is 520 g/mol. The fraction of sp³-hybridized carbons (Fsp3) is 0.115. The molecule has 0 unspecified atom stereocenters. The summed E-state index contributed by atoms with van der Waals surface area (Å²) in [7, 11) is -3.90. The van der Waals surface area contributed by atoms with E-state index in [1.807, 2.05) is 29.2 Å². The summed E-state index contributed by atoms with van der Waals surface area (Å²) in [5.74, 6) is 1.58. The topological polar surface area (TPSA) is 107 Å². The van der Waals surface area contributed by atoms with Gasteiger partial charge in [-0.25, -0.2) is 8.42 Å². The molecule has 0 spiro atoms. The smallest absolute Gasteiger partial charge is 0.273 e. The number of nitro groups is 1. The van der Waals surface area contributed by atoms with Gasteiger partial charge in [0, 0.05) is 41.3 Å². The molecule has 5 rings (SSSR count). The maximum Gasteiger partial charge on any atom is 0.273 e. The van der Waals surface area contributed by atoms with Crippen molar-refractivity contribution >= 4 is 38.8 Å². The highest BCUT2D eigenvalue weighted by atomic mass is 32.2. The second-order valence-corrected chi connectivity index (χ2v) is 11.0. The number of allylic oxidation sites excluding steroid dienone is 3. The number of sulfone groups is 1. The largest absolute Gasteiger partial charge is 0.439 e. The van der Waals surface area contributed by atoms with Crippen molar-refractivity contribution in [2.45, 2.75) is 10.6 Å². The number of thioether (sulfide) groups is 1. The molecule has 0 atom stereocenters. The Bertz CT molecular complexity index is 1550. The van der Waals surface area contributed by atoms with Gasteiger partial charge in [-0.3, -0.25) is 14.9 Å². The van der Waals surface area contributed by atoms with Crippen LogP contribution in [0.3, 0.4) is 0 Å². The van der Waals surface area contributed by atoms with Gasteiger partial charge in [-0.2, -0.15) is 11.8 Å². The van der Waals surface area contributed by atoms with Crippen molar-refractivity contribution in [1.82, 2.24) is 0 Å². The summed E-state index contributed by atoms with van der Waals surface area (Å²) in [6.07, 6.45) is 2.80. The molecule has 0 fully saturated rings. The zero-order valence-electron chi connectivity index (χ0n) is 18.9. The minimum Gasteiger partial charge on any atom is -0.439 e. The lowest BCUT2D eigenvalue weighted by Gasteiger charge is -2.18. The second kappa shape index (κ2) is 9.63. The number of carbonyl (C=O) groups is 1. The molecule has 0 aromatic heterocycles. The number of carbonyl (C=O) groups excluding carboxylic acids is 1. The van der Waals surface area contributed by atoms with Crippen molar-refractivity contribution in [2.24, 2.45) is 0 Å². The summed E-state index contributed by atoms with van der Waals surface area (Å²) < 4.78 is 31.8. The van der Waals surface area contributed by atoms with Crippen LogP contribution in [0.1, 0.15) is 15.9 Å². The Morgan fingerprint density at radius 1 is 0.972 bits per heavy atom. The number of benzene rings is 3. The van der Waals surface area contributed by atoms with Gasteiger partial charge in [-0.1, -0.05) is 42.5 Å². The minimum atomic E-state index is -3.90. The number of hydrogen-bond donors (Lipinski definition) is 0. The first kappa shape index (κ1) is 23.8. The van der Waals surface area contributed by atoms with Gasteiger partial charge >= 0.3 is 0 Å². The Morgan fingerprint density at radius 3 is 2.50 bits per heavy atom. The molecule has 8 nitrogen and oxygen atoms in total. The van der Waals surface area contributed by atoms with E-state index in [0.717, 1.165) is 5.69 Å². The molecular formula is C26H20N2O6S2. The molecule has 0 amide bonds. The highest BCUT2D eigenvalue weighted by Crippen LogP contribution is 2.39. The molecule has 0 bridgehead atoms. The highest BCUT2D eigenvalue weighted by molar-refractivity contribution is 7.98. The van der Waals surface area contributed by atoms with Crippen molar-refractivity contribution < 1.29 is 22.9 Å². The van der Waals surface area contributed by atoms with Gasteiger partial charge in [0.2, 0.25) is 21.5 Å². The standard InChI is InChI=1S/C26H20N2O6S2/c29-26-19-8-2-6-12-23(19)36(32,33)24(26)13-14-25-27(21-10-4-5-11-22(21)34-25)15-16-35-17-18-7-1-3-9-20(18)28(30)31/h1-14H,15-17H2. The molecule has 0 saturated heterocycles. The number of rotatable bonds is 7. The maximum atomic E-state index is 12.9. The molecule has 182 valence electrons. The van der Waals surface area contributed by atoms with E-state index >= 15 is 0 Å². The van der Waals surface area contributed by atoms with Crippen LogP contribution in [0.25, 0.3) is 0 Å². The predicted octanol–water partition coefficient (Wildman–Crippen LogP) is 5.12. The average molecular weight is 521 g/mol. The minimum absolute atomic E-state index is 0.0125. The molecule has 36 heavy (non-hydrogen) atoms. The molecule has 10 heteroatoms. The summed E-state index contributed by atoms with van der Waals surface area (Å²) in [5, 5.41) is 11.3. The van der Waals surface area contributed by atoms with Crippen LogP contribution in [0.2, 0.25) is 0 Å². The van der Waals surface area contributed by atoms with E-state index in [1.165, 1.54) is 30.4 Å². The van der Waals surface area contributed by atoms with E-state index in [4.69, 9.17) is 4.74 Å². The molecule has 2 aliphatic rings. The fourth-order valence-electron chi connectivity index (χ4n) is 4.13. The highest BCUT2D eigenvalue weighted by Gasteiger charge is 2.38. The summed E-state index contributed by atoms with van der Waals surface area (Å²) in [5.41, 5.74) is 1.73. The lowest BCUT2D eigenvalue weighted by Crippen LogP contribution is -2.23. The number of para-hydroxylation sites is 3. The number of fused-ring (bicyclic) bond motifs is 2. The van der Waals surface area contributed by atoms with E-state index in [0.29, 0.717) is 35.2 Å². The maximum absolute atomic E-state index is 12.9. The Hall–Kier alpha value is -3.89. The van der Waals surface area contributed by atoms with Crippen molar-refractivity contribution in [3.63, 3.8) is 0 Å². The molecule has 3 aromatic carbocycles. The fourth-order valence-corrected chi connectivity index (χ4v) is 6.60. The molecule has 0 aliphatic carbocycles. The lowest BCUT2D eigenvalue weighted by molar-refractivity contribution is -0.385. The zero-order valence-corrected chi connectivity index (χ0v) is 20.5. The summed E-state index contributed by atoms with van der Waals surface area (Å²) in [6.45, 7) is 0.512. The Morgan fingerprint density at radius 2 is 1.69 bits per heavy atom. The van der Waals surface area contributed by atoms with Crippen LogP contribution < -0.4 is 9.64 Å². The molecular weight excluding hydrogens is 500 g/mol. The van der Waals surface area contributed by atoms with Crippen LogP contribution in [-0.2, 0) is 15.6 Å². The van der Waals surface area contributed by atoms with Crippen LogP contribution in [0.15, 0.2) is 101 Å². The number of nitrogens with zero attached hydrogens (tertiary/aromatic N) is 2. The van der Waals surface area contributed by atoms with E-state index in [-0.39, 0.29) is 26.0 Å². The quantitative estimate of drug-likeness (QED) is 0.183. The second-order valence-electron chi connectivity index (χ2n) is 8.02. The van der Waals surface area contributed by atoms with Gasteiger partial charge in [0.1, 0.15) is 4.91 Å². The molecule has 0 N–H and O–H groups in total. The van der Waals surface area contributed by atoms with Crippen LogP contribution >= 0.6 is 11.8 Å². The van der Waals surface area contributed by atoms with E-state index in [2.05, 4.69) is 0 Å². The van der Waals surface area contributed by atoms with Crippen LogP contribution in [0, 0.1) is 10.1 Å². The first-order valence-corrected chi connectivity index (χ1v) is 13.7. The van der Waals surface area contributed by atoms with Gasteiger partial charge < -0.3 is 9.64 Å². The molecule has 0 radical (unpaired) electrons. The normalized spacial score (nSPS) is 17.8. The Labute approximate surface area is 212 Å². The third-order valence-corrected chi connectivity index (χ3v) is 8.68. The van der Waals surface area contributed by atoms with Gasteiger partial charge in [0.25, 0.3) is 5.69 Å². The number of anilines is 1. The lowest BCUT2D eigenvalue weighted by atomic mass is 10.1. The first-order valence-electron chi connectivity index (χ1n) is 11.0. The van der Waals surface area contributed by atoms with Gasteiger partial charge in [-0.05, 0) is 30.3 Å². The number of ketones is 1. The van der Waals surface area contributed by atoms with Gasteiger partial charge in [0.05, 0.1) is 15.5 Å². The van der Waals surface area contributed by atoms with Crippen molar-refractivity contribution in [3.05, 3.63) is 117 Å². The third-order valence-electron chi connectivity index (χ3n) is 5.85.